The minimum Gasteiger partial charge on any atom is -0.378 e. The van der Waals surface area contributed by atoms with Gasteiger partial charge in [0.2, 0.25) is 0 Å². The number of nitrogens with zero attached hydrogens (tertiary/aromatic N) is 3. The third-order valence-electron chi connectivity index (χ3n) is 2.86. The number of anilines is 1. The SMILES string of the molecule is CN(C)c1cccc(-c2n[nH]c(-c3cccs3)n2)c1. The monoisotopic (exact) mass is 270 g/mol. The van der Waals surface area contributed by atoms with Gasteiger partial charge in [-0.3, -0.25) is 5.10 Å². The van der Waals surface area contributed by atoms with Crippen LogP contribution in [0.2, 0.25) is 0 Å². The molecule has 0 atom stereocenters. The van der Waals surface area contributed by atoms with E-state index in [0.717, 1.165) is 27.8 Å². The molecule has 5 heteroatoms. The van der Waals surface area contributed by atoms with E-state index in [4.69, 9.17) is 0 Å². The van der Waals surface area contributed by atoms with Gasteiger partial charge in [0.05, 0.1) is 4.88 Å². The summed E-state index contributed by atoms with van der Waals surface area (Å²) >= 11 is 1.65. The Balaban J connectivity index is 1.97. The zero-order valence-corrected chi connectivity index (χ0v) is 11.6. The van der Waals surface area contributed by atoms with Crippen molar-refractivity contribution in [2.45, 2.75) is 0 Å². The first-order chi connectivity index (χ1) is 9.24. The molecule has 1 N–H and O–H groups in total. The second-order valence-electron chi connectivity index (χ2n) is 4.43. The van der Waals surface area contributed by atoms with Gasteiger partial charge < -0.3 is 4.90 Å². The van der Waals surface area contributed by atoms with Crippen molar-refractivity contribution in [2.75, 3.05) is 19.0 Å². The van der Waals surface area contributed by atoms with Crippen LogP contribution >= 0.6 is 11.3 Å². The van der Waals surface area contributed by atoms with Gasteiger partial charge in [-0.1, -0.05) is 18.2 Å². The van der Waals surface area contributed by atoms with Crippen molar-refractivity contribution < 1.29 is 0 Å². The van der Waals surface area contributed by atoms with E-state index in [1.54, 1.807) is 11.3 Å². The highest BCUT2D eigenvalue weighted by atomic mass is 32.1. The Labute approximate surface area is 115 Å². The maximum atomic E-state index is 4.55. The Morgan fingerprint density at radius 3 is 2.79 bits per heavy atom. The fraction of sp³-hybridized carbons (Fsp3) is 0.143. The average molecular weight is 270 g/mol. The Bertz CT molecular complexity index is 670. The van der Waals surface area contributed by atoms with Gasteiger partial charge in [-0.15, -0.1) is 11.3 Å². The number of rotatable bonds is 3. The molecule has 19 heavy (non-hydrogen) atoms. The van der Waals surface area contributed by atoms with Crippen molar-refractivity contribution in [1.82, 2.24) is 15.2 Å². The summed E-state index contributed by atoms with van der Waals surface area (Å²) in [5.41, 5.74) is 2.16. The summed E-state index contributed by atoms with van der Waals surface area (Å²) in [6.45, 7) is 0. The number of hydrogen-bond acceptors (Lipinski definition) is 4. The Kier molecular flexibility index (Phi) is 3.05. The van der Waals surface area contributed by atoms with E-state index >= 15 is 0 Å². The maximum Gasteiger partial charge on any atom is 0.181 e. The summed E-state index contributed by atoms with van der Waals surface area (Å²) in [5, 5.41) is 9.32. The lowest BCUT2D eigenvalue weighted by atomic mass is 10.2. The summed E-state index contributed by atoms with van der Waals surface area (Å²) in [5.74, 6) is 1.55. The molecule has 0 saturated heterocycles. The van der Waals surface area contributed by atoms with Crippen LogP contribution in [0.25, 0.3) is 22.1 Å². The molecular formula is C14H14N4S. The summed E-state index contributed by atoms with van der Waals surface area (Å²) in [6.07, 6.45) is 0. The number of benzene rings is 1. The minimum absolute atomic E-state index is 0.729. The molecule has 3 rings (SSSR count). The number of aromatic amines is 1. The molecule has 0 amide bonds. The smallest absolute Gasteiger partial charge is 0.181 e. The van der Waals surface area contributed by atoms with Gasteiger partial charge in [0.25, 0.3) is 0 Å². The molecule has 0 spiro atoms. The van der Waals surface area contributed by atoms with Gasteiger partial charge in [0.15, 0.2) is 11.6 Å². The molecule has 0 fully saturated rings. The van der Waals surface area contributed by atoms with Gasteiger partial charge in [-0.2, -0.15) is 5.10 Å². The summed E-state index contributed by atoms with van der Waals surface area (Å²) in [7, 11) is 4.04. The largest absolute Gasteiger partial charge is 0.378 e. The minimum atomic E-state index is 0.729. The lowest BCUT2D eigenvalue weighted by molar-refractivity contribution is 1.10. The second-order valence-corrected chi connectivity index (χ2v) is 5.38. The molecule has 0 saturated carbocycles. The summed E-state index contributed by atoms with van der Waals surface area (Å²) in [6, 6.07) is 12.2. The standard InChI is InChI=1S/C14H14N4S/c1-18(2)11-6-3-5-10(9-11)13-15-14(17-16-13)12-7-4-8-19-12/h3-9H,1-2H3,(H,15,16,17). The normalized spacial score (nSPS) is 10.6. The van der Waals surface area contributed by atoms with Gasteiger partial charge >= 0.3 is 0 Å². The number of H-pyrrole nitrogens is 1. The van der Waals surface area contributed by atoms with Crippen LogP contribution in [0.5, 0.6) is 0 Å². The van der Waals surface area contributed by atoms with Crippen LogP contribution in [-0.2, 0) is 0 Å². The van der Waals surface area contributed by atoms with Crippen molar-refractivity contribution in [3.05, 3.63) is 41.8 Å². The molecule has 0 aliphatic carbocycles. The Morgan fingerprint density at radius 1 is 1.16 bits per heavy atom. The molecule has 3 aromatic rings. The topological polar surface area (TPSA) is 44.8 Å². The lowest BCUT2D eigenvalue weighted by Crippen LogP contribution is -2.08. The van der Waals surface area contributed by atoms with Crippen LogP contribution in [0.4, 0.5) is 5.69 Å². The first-order valence-corrected chi connectivity index (χ1v) is 6.86. The van der Waals surface area contributed by atoms with Crippen LogP contribution in [0.1, 0.15) is 0 Å². The number of hydrogen-bond donors (Lipinski definition) is 1. The van der Waals surface area contributed by atoms with Crippen molar-refractivity contribution >= 4 is 17.0 Å². The third-order valence-corrected chi connectivity index (χ3v) is 3.74. The van der Waals surface area contributed by atoms with Gasteiger partial charge in [0.1, 0.15) is 0 Å². The second kappa shape index (κ2) is 4.85. The van der Waals surface area contributed by atoms with E-state index in [-0.39, 0.29) is 0 Å². The maximum absolute atomic E-state index is 4.55. The van der Waals surface area contributed by atoms with Crippen LogP contribution in [0.3, 0.4) is 0 Å². The Hall–Kier alpha value is -2.14. The first kappa shape index (κ1) is 11.9. The fourth-order valence-electron chi connectivity index (χ4n) is 1.84. The predicted molar refractivity (Wildman–Crippen MR) is 79.5 cm³/mol. The third kappa shape index (κ3) is 2.37. The van der Waals surface area contributed by atoms with E-state index in [2.05, 4.69) is 32.2 Å². The molecule has 1 aromatic carbocycles. The zero-order chi connectivity index (χ0) is 13.2. The van der Waals surface area contributed by atoms with Crippen LogP contribution in [0.15, 0.2) is 41.8 Å². The van der Waals surface area contributed by atoms with Crippen molar-refractivity contribution in [1.29, 1.82) is 0 Å². The average Bonchev–Trinajstić information content (AvgIpc) is 3.09. The van der Waals surface area contributed by atoms with E-state index in [1.807, 2.05) is 43.7 Å². The zero-order valence-electron chi connectivity index (χ0n) is 10.8. The molecule has 4 nitrogen and oxygen atoms in total. The predicted octanol–water partition coefficient (Wildman–Crippen LogP) is 3.27. The van der Waals surface area contributed by atoms with Crippen molar-refractivity contribution in [3.8, 4) is 22.1 Å². The van der Waals surface area contributed by atoms with Gasteiger partial charge in [-0.25, -0.2) is 4.98 Å². The van der Waals surface area contributed by atoms with E-state index in [0.29, 0.717) is 0 Å². The van der Waals surface area contributed by atoms with Crippen LogP contribution in [-0.4, -0.2) is 29.3 Å². The molecule has 96 valence electrons. The van der Waals surface area contributed by atoms with Crippen LogP contribution in [0, 0.1) is 0 Å². The highest BCUT2D eigenvalue weighted by Crippen LogP contribution is 2.25. The quantitative estimate of drug-likeness (QED) is 0.794. The molecule has 0 aliphatic heterocycles. The first-order valence-electron chi connectivity index (χ1n) is 5.98. The summed E-state index contributed by atoms with van der Waals surface area (Å²) in [4.78, 5) is 7.71. The Morgan fingerprint density at radius 2 is 2.05 bits per heavy atom. The molecule has 2 aromatic heterocycles. The molecule has 0 aliphatic rings. The number of nitrogens with one attached hydrogen (secondary N) is 1. The fourth-order valence-corrected chi connectivity index (χ4v) is 2.50. The van der Waals surface area contributed by atoms with Gasteiger partial charge in [0, 0.05) is 25.3 Å². The molecule has 0 unspecified atom stereocenters. The highest BCUT2D eigenvalue weighted by molar-refractivity contribution is 7.13. The highest BCUT2D eigenvalue weighted by Gasteiger charge is 2.09. The van der Waals surface area contributed by atoms with Crippen LogP contribution < -0.4 is 4.90 Å². The van der Waals surface area contributed by atoms with E-state index in [1.165, 1.54) is 0 Å². The van der Waals surface area contributed by atoms with E-state index < -0.39 is 0 Å². The van der Waals surface area contributed by atoms with Crippen molar-refractivity contribution in [3.63, 3.8) is 0 Å². The molecular weight excluding hydrogens is 256 g/mol. The van der Waals surface area contributed by atoms with Crippen molar-refractivity contribution in [2.24, 2.45) is 0 Å². The van der Waals surface area contributed by atoms with Gasteiger partial charge in [-0.05, 0) is 23.6 Å². The molecule has 2 heterocycles. The summed E-state index contributed by atoms with van der Waals surface area (Å²) < 4.78 is 0. The van der Waals surface area contributed by atoms with E-state index in [9.17, 15) is 0 Å². The number of thiophene rings is 1. The number of aromatic nitrogens is 3. The molecule has 0 radical (unpaired) electrons. The molecule has 0 bridgehead atoms. The lowest BCUT2D eigenvalue weighted by Gasteiger charge is -2.12.